The molecule has 1 unspecified atom stereocenters. The summed E-state index contributed by atoms with van der Waals surface area (Å²) in [6, 6.07) is 10.2. The van der Waals surface area contributed by atoms with E-state index in [9.17, 15) is 15.2 Å². The molecule has 0 radical (unpaired) electrons. The van der Waals surface area contributed by atoms with Crippen molar-refractivity contribution >= 4 is 11.8 Å². The predicted molar refractivity (Wildman–Crippen MR) is 92.1 cm³/mol. The number of aliphatic hydroxyl groups is 1. The third-order valence-electron chi connectivity index (χ3n) is 4.38. The Morgan fingerprint density at radius 1 is 1.21 bits per heavy atom. The van der Waals surface area contributed by atoms with Gasteiger partial charge in [0.15, 0.2) is 0 Å². The van der Waals surface area contributed by atoms with Gasteiger partial charge in [-0.2, -0.15) is 0 Å². The number of benzene rings is 2. The summed E-state index contributed by atoms with van der Waals surface area (Å²) in [5.74, 6) is 0.720. The fraction of sp³-hybridized carbons (Fsp3) is 0.263. The summed E-state index contributed by atoms with van der Waals surface area (Å²) in [5, 5.41) is 21.5. The number of rotatable bonds is 2. The van der Waals surface area contributed by atoms with Crippen LogP contribution in [0.4, 0.5) is 5.69 Å². The molecule has 0 saturated carbocycles. The van der Waals surface area contributed by atoms with E-state index in [1.165, 1.54) is 12.1 Å². The lowest BCUT2D eigenvalue weighted by Crippen LogP contribution is -2.01. The van der Waals surface area contributed by atoms with Crippen LogP contribution in [0.25, 0.3) is 6.08 Å². The van der Waals surface area contributed by atoms with Crippen LogP contribution >= 0.6 is 0 Å². The molecule has 2 aromatic rings. The molecule has 124 valence electrons. The van der Waals surface area contributed by atoms with Gasteiger partial charge in [0, 0.05) is 24.1 Å². The number of nitro groups is 1. The molecule has 0 saturated heterocycles. The van der Waals surface area contributed by atoms with Crippen LogP contribution in [0.15, 0.2) is 42.0 Å². The molecule has 24 heavy (non-hydrogen) atoms. The summed E-state index contributed by atoms with van der Waals surface area (Å²) < 4.78 is 5.78. The SMILES string of the molecule is Cc1cc2c(cc1C)C(O)/C(=C/c1ccc([N+](=O)[O-])cc1)CCO2. The summed E-state index contributed by atoms with van der Waals surface area (Å²) in [6.07, 6.45) is 1.74. The number of fused-ring (bicyclic) bond motifs is 1. The van der Waals surface area contributed by atoms with Gasteiger partial charge in [-0.25, -0.2) is 0 Å². The van der Waals surface area contributed by atoms with Crippen molar-refractivity contribution < 1.29 is 14.8 Å². The highest BCUT2D eigenvalue weighted by atomic mass is 16.6. The molecule has 1 N–H and O–H groups in total. The zero-order valence-electron chi connectivity index (χ0n) is 13.7. The Morgan fingerprint density at radius 3 is 2.54 bits per heavy atom. The predicted octanol–water partition coefficient (Wildman–Crippen LogP) is 4.11. The lowest BCUT2D eigenvalue weighted by molar-refractivity contribution is -0.384. The number of aliphatic hydroxyl groups excluding tert-OH is 1. The Balaban J connectivity index is 1.95. The molecule has 0 spiro atoms. The maximum atomic E-state index is 10.8. The first kappa shape index (κ1) is 16.2. The fourth-order valence-electron chi connectivity index (χ4n) is 2.82. The van der Waals surface area contributed by atoms with Crippen LogP contribution in [0, 0.1) is 24.0 Å². The summed E-state index contributed by atoms with van der Waals surface area (Å²) >= 11 is 0. The van der Waals surface area contributed by atoms with Gasteiger partial charge in [0.2, 0.25) is 0 Å². The molecule has 1 heterocycles. The topological polar surface area (TPSA) is 72.6 Å². The van der Waals surface area contributed by atoms with E-state index in [4.69, 9.17) is 4.74 Å². The average Bonchev–Trinajstić information content (AvgIpc) is 2.69. The molecule has 0 aliphatic carbocycles. The van der Waals surface area contributed by atoms with Crippen LogP contribution in [0.2, 0.25) is 0 Å². The Labute approximate surface area is 140 Å². The van der Waals surface area contributed by atoms with Gasteiger partial charge in [0.1, 0.15) is 11.9 Å². The molecule has 0 bridgehead atoms. The van der Waals surface area contributed by atoms with Crippen LogP contribution in [-0.2, 0) is 0 Å². The number of hydrogen-bond acceptors (Lipinski definition) is 4. The van der Waals surface area contributed by atoms with Gasteiger partial charge >= 0.3 is 0 Å². The van der Waals surface area contributed by atoms with E-state index < -0.39 is 11.0 Å². The molecule has 0 aromatic heterocycles. The third kappa shape index (κ3) is 3.16. The summed E-state index contributed by atoms with van der Waals surface area (Å²) in [5.41, 5.74) is 4.71. The molecule has 2 aromatic carbocycles. The fourth-order valence-corrected chi connectivity index (χ4v) is 2.82. The first-order valence-corrected chi connectivity index (χ1v) is 7.82. The van der Waals surface area contributed by atoms with Crippen molar-refractivity contribution in [2.75, 3.05) is 6.61 Å². The van der Waals surface area contributed by atoms with Crippen LogP contribution in [0.5, 0.6) is 5.75 Å². The number of ether oxygens (including phenoxy) is 1. The summed E-state index contributed by atoms with van der Waals surface area (Å²) in [7, 11) is 0. The number of hydrogen-bond donors (Lipinski definition) is 1. The highest BCUT2D eigenvalue weighted by Crippen LogP contribution is 2.37. The first-order valence-electron chi connectivity index (χ1n) is 7.82. The highest BCUT2D eigenvalue weighted by molar-refractivity contribution is 5.58. The standard InChI is InChI=1S/C19H19NO4/c1-12-9-17-18(10-13(12)2)24-8-7-15(19(17)21)11-14-3-5-16(6-4-14)20(22)23/h3-6,9-11,19,21H,7-8H2,1-2H3/b15-11+. The van der Waals surface area contributed by atoms with Crippen molar-refractivity contribution in [2.24, 2.45) is 0 Å². The summed E-state index contributed by atoms with van der Waals surface area (Å²) in [4.78, 5) is 10.3. The molecule has 3 rings (SSSR count). The highest BCUT2D eigenvalue weighted by Gasteiger charge is 2.22. The zero-order valence-corrected chi connectivity index (χ0v) is 13.7. The van der Waals surface area contributed by atoms with Crippen molar-refractivity contribution in [1.29, 1.82) is 0 Å². The minimum atomic E-state index is -0.739. The minimum absolute atomic E-state index is 0.0540. The molecule has 1 aliphatic rings. The third-order valence-corrected chi connectivity index (χ3v) is 4.38. The second kappa shape index (κ2) is 6.45. The zero-order chi connectivity index (χ0) is 17.3. The lowest BCUT2D eigenvalue weighted by Gasteiger charge is -2.15. The monoisotopic (exact) mass is 325 g/mol. The van der Waals surface area contributed by atoms with Crippen molar-refractivity contribution in [2.45, 2.75) is 26.4 Å². The second-order valence-corrected chi connectivity index (χ2v) is 6.04. The van der Waals surface area contributed by atoms with Gasteiger partial charge in [-0.1, -0.05) is 6.08 Å². The van der Waals surface area contributed by atoms with E-state index in [0.29, 0.717) is 13.0 Å². The van der Waals surface area contributed by atoms with E-state index in [-0.39, 0.29) is 5.69 Å². The van der Waals surface area contributed by atoms with Gasteiger partial charge in [-0.05, 0) is 60.4 Å². The Morgan fingerprint density at radius 2 is 1.88 bits per heavy atom. The lowest BCUT2D eigenvalue weighted by atomic mass is 9.95. The average molecular weight is 325 g/mol. The molecular formula is C19H19NO4. The smallest absolute Gasteiger partial charge is 0.269 e. The van der Waals surface area contributed by atoms with E-state index in [1.807, 2.05) is 32.1 Å². The number of nitrogens with zero attached hydrogens (tertiary/aromatic N) is 1. The van der Waals surface area contributed by atoms with Crippen LogP contribution < -0.4 is 4.74 Å². The number of non-ortho nitro benzene ring substituents is 1. The molecule has 5 heteroatoms. The number of nitro benzene ring substituents is 1. The molecule has 5 nitrogen and oxygen atoms in total. The quantitative estimate of drug-likeness (QED) is 0.666. The molecular weight excluding hydrogens is 306 g/mol. The van der Waals surface area contributed by atoms with Crippen molar-refractivity contribution in [3.8, 4) is 5.75 Å². The molecule has 0 fully saturated rings. The van der Waals surface area contributed by atoms with Crippen molar-refractivity contribution in [3.63, 3.8) is 0 Å². The maximum Gasteiger partial charge on any atom is 0.269 e. The van der Waals surface area contributed by atoms with Gasteiger partial charge in [0.05, 0.1) is 11.5 Å². The van der Waals surface area contributed by atoms with E-state index in [2.05, 4.69) is 0 Å². The number of aryl methyl sites for hydroxylation is 2. The van der Waals surface area contributed by atoms with Crippen LogP contribution in [-0.4, -0.2) is 16.6 Å². The van der Waals surface area contributed by atoms with Gasteiger partial charge in [-0.15, -0.1) is 0 Å². The minimum Gasteiger partial charge on any atom is -0.493 e. The Bertz CT molecular complexity index is 809. The van der Waals surface area contributed by atoms with Gasteiger partial charge in [-0.3, -0.25) is 10.1 Å². The van der Waals surface area contributed by atoms with Crippen molar-refractivity contribution in [1.82, 2.24) is 0 Å². The van der Waals surface area contributed by atoms with Crippen LogP contribution in [0.1, 0.15) is 34.8 Å². The van der Waals surface area contributed by atoms with E-state index >= 15 is 0 Å². The Hall–Kier alpha value is -2.66. The maximum absolute atomic E-state index is 10.8. The first-order chi connectivity index (χ1) is 11.5. The van der Waals surface area contributed by atoms with Crippen molar-refractivity contribution in [3.05, 3.63) is 74.3 Å². The molecule has 0 amide bonds. The second-order valence-electron chi connectivity index (χ2n) is 6.04. The molecule has 1 aliphatic heterocycles. The largest absolute Gasteiger partial charge is 0.493 e. The van der Waals surface area contributed by atoms with E-state index in [0.717, 1.165) is 33.6 Å². The van der Waals surface area contributed by atoms with E-state index in [1.54, 1.807) is 12.1 Å². The summed E-state index contributed by atoms with van der Waals surface area (Å²) in [6.45, 7) is 4.52. The molecule has 1 atom stereocenters. The van der Waals surface area contributed by atoms with Gasteiger partial charge < -0.3 is 9.84 Å². The van der Waals surface area contributed by atoms with Gasteiger partial charge in [0.25, 0.3) is 5.69 Å². The van der Waals surface area contributed by atoms with Crippen LogP contribution in [0.3, 0.4) is 0 Å². The normalized spacial score (nSPS) is 18.6. The Kier molecular flexibility index (Phi) is 4.36.